The molecule has 0 aromatic rings. The largest absolute Gasteiger partial charge is 0.450 e. The maximum Gasteiger partial charge on any atom is 0.388 e. The highest BCUT2D eigenvalue weighted by Gasteiger charge is 2.04. The third-order valence-electron chi connectivity index (χ3n) is 1.07. The van der Waals surface area contributed by atoms with Gasteiger partial charge in [0.05, 0.1) is 12.9 Å². The second kappa shape index (κ2) is 3.93. The Morgan fingerprint density at radius 1 is 1.70 bits per heavy atom. The van der Waals surface area contributed by atoms with Gasteiger partial charge in [0.2, 0.25) is 0 Å². The minimum Gasteiger partial charge on any atom is -0.450 e. The fourth-order valence-corrected chi connectivity index (χ4v) is 0.638. The van der Waals surface area contributed by atoms with Crippen molar-refractivity contribution >= 4 is 6.08 Å². The lowest BCUT2D eigenvalue weighted by Gasteiger charge is -2.10. The summed E-state index contributed by atoms with van der Waals surface area (Å²) in [5.74, 6) is 0. The molecule has 0 amide bonds. The predicted octanol–water partition coefficient (Wildman–Crippen LogP) is 1.31. The van der Waals surface area contributed by atoms with E-state index in [1.165, 1.54) is 0 Å². The summed E-state index contributed by atoms with van der Waals surface area (Å²) in [5.41, 5.74) is 0. The highest BCUT2D eigenvalue weighted by molar-refractivity contribution is 5.67. The Morgan fingerprint density at radius 2 is 2.60 bits per heavy atom. The van der Waals surface area contributed by atoms with Crippen LogP contribution in [0.25, 0.3) is 0 Å². The van der Waals surface area contributed by atoms with E-state index < -0.39 is 0 Å². The van der Waals surface area contributed by atoms with Crippen LogP contribution >= 0.6 is 0 Å². The number of allylic oxidation sites excluding steroid dienone is 1. The zero-order chi connectivity index (χ0) is 7.23. The minimum atomic E-state index is 0.393. The Balaban J connectivity index is 2.31. The Hall–Kier alpha value is -0.990. The van der Waals surface area contributed by atoms with E-state index in [1.807, 2.05) is 6.92 Å². The summed E-state index contributed by atoms with van der Waals surface area (Å²) < 4.78 is 10.0. The monoisotopic (exact) mass is 141 g/mol. The van der Waals surface area contributed by atoms with Crippen LogP contribution in [0, 0.1) is 0 Å². The second-order valence-corrected chi connectivity index (χ2v) is 1.94. The van der Waals surface area contributed by atoms with Gasteiger partial charge in [0.25, 0.3) is 0 Å². The minimum absolute atomic E-state index is 0.393. The molecular formula is C7H11NO2. The molecule has 0 saturated carbocycles. The molecule has 0 spiro atoms. The summed E-state index contributed by atoms with van der Waals surface area (Å²) in [4.78, 5) is 3.99. The van der Waals surface area contributed by atoms with Crippen LogP contribution < -0.4 is 0 Å². The van der Waals surface area contributed by atoms with Gasteiger partial charge in [-0.3, -0.25) is 0 Å². The average Bonchev–Trinajstić information content (AvgIpc) is 2.03. The molecule has 0 atom stereocenters. The maximum atomic E-state index is 5.06. The molecule has 1 rings (SSSR count). The zero-order valence-corrected chi connectivity index (χ0v) is 6.04. The normalized spacial score (nSPS) is 18.3. The van der Waals surface area contributed by atoms with E-state index in [0.717, 1.165) is 19.6 Å². The van der Waals surface area contributed by atoms with E-state index in [0.29, 0.717) is 6.08 Å². The van der Waals surface area contributed by atoms with Gasteiger partial charge in [-0.25, -0.2) is 4.99 Å². The van der Waals surface area contributed by atoms with Crippen molar-refractivity contribution in [3.8, 4) is 0 Å². The molecular weight excluding hydrogens is 130 g/mol. The molecule has 3 heteroatoms. The molecule has 1 aliphatic rings. The molecule has 0 N–H and O–H groups in total. The molecule has 10 heavy (non-hydrogen) atoms. The lowest BCUT2D eigenvalue weighted by molar-refractivity contribution is 0.198. The van der Waals surface area contributed by atoms with E-state index in [2.05, 4.69) is 4.99 Å². The highest BCUT2D eigenvalue weighted by Crippen LogP contribution is 1.97. The van der Waals surface area contributed by atoms with Gasteiger partial charge in [-0.1, -0.05) is 6.08 Å². The van der Waals surface area contributed by atoms with Crippen LogP contribution in [0.1, 0.15) is 13.3 Å². The standard InChI is InChI=1S/C7H11NO2/c1-2-5-9-7-8-4-3-6-10-7/h2,5H,3-4,6H2,1H3. The van der Waals surface area contributed by atoms with Gasteiger partial charge in [0.1, 0.15) is 0 Å². The summed E-state index contributed by atoms with van der Waals surface area (Å²) >= 11 is 0. The average molecular weight is 141 g/mol. The maximum absolute atomic E-state index is 5.06. The summed E-state index contributed by atoms with van der Waals surface area (Å²) in [5, 5.41) is 0. The van der Waals surface area contributed by atoms with Crippen molar-refractivity contribution in [3.05, 3.63) is 12.3 Å². The molecule has 0 fully saturated rings. The number of ether oxygens (including phenoxy) is 2. The fraction of sp³-hybridized carbons (Fsp3) is 0.571. The first-order valence-electron chi connectivity index (χ1n) is 3.38. The van der Waals surface area contributed by atoms with Crippen LogP contribution in [-0.4, -0.2) is 19.2 Å². The summed E-state index contributed by atoms with van der Waals surface area (Å²) in [6.07, 6.45) is 4.73. The first-order valence-corrected chi connectivity index (χ1v) is 3.38. The molecule has 1 heterocycles. The van der Waals surface area contributed by atoms with Gasteiger partial charge < -0.3 is 9.47 Å². The number of hydrogen-bond acceptors (Lipinski definition) is 3. The number of rotatable bonds is 1. The van der Waals surface area contributed by atoms with Crippen LogP contribution in [0.3, 0.4) is 0 Å². The van der Waals surface area contributed by atoms with Crippen LogP contribution in [0.2, 0.25) is 0 Å². The molecule has 0 aromatic heterocycles. The third-order valence-corrected chi connectivity index (χ3v) is 1.07. The third kappa shape index (κ3) is 2.09. The van der Waals surface area contributed by atoms with Crippen molar-refractivity contribution in [1.82, 2.24) is 0 Å². The summed E-state index contributed by atoms with van der Waals surface area (Å²) in [6, 6.07) is 0. The van der Waals surface area contributed by atoms with E-state index in [-0.39, 0.29) is 0 Å². The lowest BCUT2D eigenvalue weighted by atomic mass is 10.4. The van der Waals surface area contributed by atoms with Crippen LogP contribution in [0.4, 0.5) is 0 Å². The molecule has 56 valence electrons. The van der Waals surface area contributed by atoms with Crippen LogP contribution in [0.5, 0.6) is 0 Å². The molecule has 0 aromatic carbocycles. The van der Waals surface area contributed by atoms with Crippen molar-refractivity contribution in [2.75, 3.05) is 13.2 Å². The topological polar surface area (TPSA) is 30.8 Å². The summed E-state index contributed by atoms with van der Waals surface area (Å²) in [7, 11) is 0. The number of hydrogen-bond donors (Lipinski definition) is 0. The van der Waals surface area contributed by atoms with Crippen molar-refractivity contribution in [2.24, 2.45) is 4.99 Å². The SMILES string of the molecule is CC=COC1=NCCCO1. The second-order valence-electron chi connectivity index (χ2n) is 1.94. The Bertz CT molecular complexity index is 152. The predicted molar refractivity (Wildman–Crippen MR) is 38.8 cm³/mol. The van der Waals surface area contributed by atoms with Gasteiger partial charge in [-0.05, 0) is 6.92 Å². The van der Waals surface area contributed by atoms with E-state index in [9.17, 15) is 0 Å². The first-order chi connectivity index (χ1) is 4.93. The van der Waals surface area contributed by atoms with Crippen molar-refractivity contribution < 1.29 is 9.47 Å². The molecule has 0 bridgehead atoms. The molecule has 3 nitrogen and oxygen atoms in total. The molecule has 0 saturated heterocycles. The smallest absolute Gasteiger partial charge is 0.388 e. The molecule has 0 unspecified atom stereocenters. The van der Waals surface area contributed by atoms with Gasteiger partial charge in [0.15, 0.2) is 0 Å². The molecule has 1 aliphatic heterocycles. The van der Waals surface area contributed by atoms with Crippen LogP contribution in [-0.2, 0) is 9.47 Å². The fourth-order valence-electron chi connectivity index (χ4n) is 0.638. The van der Waals surface area contributed by atoms with Gasteiger partial charge in [-0.2, -0.15) is 0 Å². The Morgan fingerprint density at radius 3 is 3.20 bits per heavy atom. The number of nitrogens with zero attached hydrogens (tertiary/aromatic N) is 1. The van der Waals surface area contributed by atoms with Gasteiger partial charge >= 0.3 is 6.08 Å². The van der Waals surface area contributed by atoms with Gasteiger partial charge in [-0.15, -0.1) is 0 Å². The quantitative estimate of drug-likeness (QED) is 0.515. The van der Waals surface area contributed by atoms with E-state index in [1.54, 1.807) is 12.3 Å². The van der Waals surface area contributed by atoms with Crippen molar-refractivity contribution in [2.45, 2.75) is 13.3 Å². The van der Waals surface area contributed by atoms with Crippen molar-refractivity contribution in [1.29, 1.82) is 0 Å². The van der Waals surface area contributed by atoms with E-state index >= 15 is 0 Å². The Labute approximate surface area is 60.4 Å². The van der Waals surface area contributed by atoms with Gasteiger partial charge in [0, 0.05) is 13.0 Å². The summed E-state index contributed by atoms with van der Waals surface area (Å²) in [6.45, 7) is 3.41. The highest BCUT2D eigenvalue weighted by atomic mass is 16.7. The lowest BCUT2D eigenvalue weighted by Crippen LogP contribution is -2.14. The van der Waals surface area contributed by atoms with Crippen molar-refractivity contribution in [3.63, 3.8) is 0 Å². The molecule has 0 aliphatic carbocycles. The van der Waals surface area contributed by atoms with E-state index in [4.69, 9.17) is 9.47 Å². The number of aliphatic imine (C=N–C) groups is 1. The van der Waals surface area contributed by atoms with Crippen LogP contribution in [0.15, 0.2) is 17.3 Å². The zero-order valence-electron chi connectivity index (χ0n) is 6.04. The first kappa shape index (κ1) is 7.12. The molecule has 0 radical (unpaired) electrons. The Kier molecular flexibility index (Phi) is 2.80.